The maximum atomic E-state index is 6.12. The molecule has 3 rings (SSSR count). The standard InChI is InChI=1S/C16H22O3/c1-15(2)8-10-9-16(3,4)19-13-7-11(17-5)6-12(18-15)14(10)13/h6-7,10H,8-9H2,1-5H3. The highest BCUT2D eigenvalue weighted by molar-refractivity contribution is 5.55. The molecule has 0 saturated carbocycles. The van der Waals surface area contributed by atoms with Crippen LogP contribution in [0.1, 0.15) is 52.0 Å². The summed E-state index contributed by atoms with van der Waals surface area (Å²) in [4.78, 5) is 0. The normalized spacial score (nSPS) is 23.0. The van der Waals surface area contributed by atoms with E-state index in [4.69, 9.17) is 14.2 Å². The monoisotopic (exact) mass is 262 g/mol. The van der Waals surface area contributed by atoms with Crippen LogP contribution in [0.5, 0.6) is 17.2 Å². The smallest absolute Gasteiger partial charge is 0.130 e. The number of ether oxygens (including phenoxy) is 3. The Kier molecular flexibility index (Phi) is 2.54. The fourth-order valence-corrected chi connectivity index (χ4v) is 3.41. The van der Waals surface area contributed by atoms with E-state index in [-0.39, 0.29) is 11.2 Å². The second-order valence-corrected chi connectivity index (χ2v) is 6.87. The van der Waals surface area contributed by atoms with Crippen LogP contribution in [-0.4, -0.2) is 18.3 Å². The van der Waals surface area contributed by atoms with Crippen molar-refractivity contribution in [1.29, 1.82) is 0 Å². The molecule has 0 aromatic heterocycles. The lowest BCUT2D eigenvalue weighted by Gasteiger charge is -2.45. The molecule has 0 radical (unpaired) electrons. The molecule has 104 valence electrons. The Morgan fingerprint density at radius 2 is 1.47 bits per heavy atom. The van der Waals surface area contributed by atoms with Crippen molar-refractivity contribution >= 4 is 0 Å². The fraction of sp³-hybridized carbons (Fsp3) is 0.625. The first-order chi connectivity index (χ1) is 8.80. The third kappa shape index (κ3) is 2.15. The highest BCUT2D eigenvalue weighted by Gasteiger charge is 2.43. The summed E-state index contributed by atoms with van der Waals surface area (Å²) in [7, 11) is 1.67. The lowest BCUT2D eigenvalue weighted by Crippen LogP contribution is -2.42. The summed E-state index contributed by atoms with van der Waals surface area (Å²) in [5.41, 5.74) is 0.961. The highest BCUT2D eigenvalue weighted by Crippen LogP contribution is 2.53. The summed E-state index contributed by atoms with van der Waals surface area (Å²) in [5, 5.41) is 0. The molecule has 0 saturated heterocycles. The van der Waals surface area contributed by atoms with Crippen molar-refractivity contribution in [3.63, 3.8) is 0 Å². The first-order valence-corrected chi connectivity index (χ1v) is 6.90. The Balaban J connectivity index is 2.16. The average Bonchev–Trinajstić information content (AvgIpc) is 2.23. The van der Waals surface area contributed by atoms with Gasteiger partial charge in [0.05, 0.1) is 7.11 Å². The molecule has 0 unspecified atom stereocenters. The maximum Gasteiger partial charge on any atom is 0.130 e. The van der Waals surface area contributed by atoms with Gasteiger partial charge in [-0.05, 0) is 46.5 Å². The van der Waals surface area contributed by atoms with Gasteiger partial charge in [0.2, 0.25) is 0 Å². The summed E-state index contributed by atoms with van der Waals surface area (Å²) >= 11 is 0. The van der Waals surface area contributed by atoms with Gasteiger partial charge in [0.15, 0.2) is 0 Å². The van der Waals surface area contributed by atoms with Crippen molar-refractivity contribution in [3.05, 3.63) is 17.7 Å². The van der Waals surface area contributed by atoms with E-state index in [1.165, 1.54) is 5.56 Å². The molecular formula is C16H22O3. The quantitative estimate of drug-likeness (QED) is 0.768. The Labute approximate surface area is 114 Å². The summed E-state index contributed by atoms with van der Waals surface area (Å²) in [6, 6.07) is 3.96. The lowest BCUT2D eigenvalue weighted by atomic mass is 9.76. The van der Waals surface area contributed by atoms with E-state index in [1.807, 2.05) is 12.1 Å². The van der Waals surface area contributed by atoms with Gasteiger partial charge in [0, 0.05) is 17.7 Å². The van der Waals surface area contributed by atoms with E-state index in [2.05, 4.69) is 27.7 Å². The highest BCUT2D eigenvalue weighted by atomic mass is 16.5. The summed E-state index contributed by atoms with van der Waals surface area (Å²) in [6.45, 7) is 8.60. The molecule has 2 aliphatic heterocycles. The summed E-state index contributed by atoms with van der Waals surface area (Å²) < 4.78 is 17.6. The average molecular weight is 262 g/mol. The zero-order valence-electron chi connectivity index (χ0n) is 12.4. The topological polar surface area (TPSA) is 27.7 Å². The maximum absolute atomic E-state index is 6.12. The van der Waals surface area contributed by atoms with Crippen molar-refractivity contribution in [2.75, 3.05) is 7.11 Å². The van der Waals surface area contributed by atoms with Crippen molar-refractivity contribution in [3.8, 4) is 17.2 Å². The van der Waals surface area contributed by atoms with Crippen LogP contribution in [0.15, 0.2) is 12.1 Å². The number of benzene rings is 1. The van der Waals surface area contributed by atoms with E-state index in [0.29, 0.717) is 5.92 Å². The number of methoxy groups -OCH3 is 1. The molecule has 0 bridgehead atoms. The van der Waals surface area contributed by atoms with Crippen LogP contribution in [0.3, 0.4) is 0 Å². The number of rotatable bonds is 1. The second-order valence-electron chi connectivity index (χ2n) is 6.87. The van der Waals surface area contributed by atoms with Crippen molar-refractivity contribution in [2.24, 2.45) is 0 Å². The number of hydrogen-bond acceptors (Lipinski definition) is 3. The molecule has 0 atom stereocenters. The Hall–Kier alpha value is -1.38. The number of hydrogen-bond donors (Lipinski definition) is 0. The van der Waals surface area contributed by atoms with Gasteiger partial charge < -0.3 is 14.2 Å². The second kappa shape index (κ2) is 3.81. The molecular weight excluding hydrogens is 240 g/mol. The van der Waals surface area contributed by atoms with Gasteiger partial charge in [-0.25, -0.2) is 0 Å². The van der Waals surface area contributed by atoms with Gasteiger partial charge in [-0.1, -0.05) is 0 Å². The SMILES string of the molecule is COc1cc2c3c(c1)OC(C)(C)CC3CC(C)(C)O2. The van der Waals surface area contributed by atoms with Gasteiger partial charge in [-0.15, -0.1) is 0 Å². The molecule has 0 amide bonds. The summed E-state index contributed by atoms with van der Waals surface area (Å²) in [6.07, 6.45) is 2.07. The van der Waals surface area contributed by atoms with E-state index in [1.54, 1.807) is 7.11 Å². The van der Waals surface area contributed by atoms with Gasteiger partial charge in [-0.3, -0.25) is 0 Å². The minimum Gasteiger partial charge on any atom is -0.496 e. The summed E-state index contributed by atoms with van der Waals surface area (Å²) in [5.74, 6) is 3.14. The predicted molar refractivity (Wildman–Crippen MR) is 74.4 cm³/mol. The molecule has 0 N–H and O–H groups in total. The molecule has 1 aromatic rings. The van der Waals surface area contributed by atoms with Crippen LogP contribution in [0.2, 0.25) is 0 Å². The Bertz CT molecular complexity index is 476. The van der Waals surface area contributed by atoms with E-state index in [0.717, 1.165) is 30.1 Å². The predicted octanol–water partition coefficient (Wildman–Crippen LogP) is 3.90. The minimum absolute atomic E-state index is 0.130. The first kappa shape index (κ1) is 12.6. The van der Waals surface area contributed by atoms with Crippen LogP contribution < -0.4 is 14.2 Å². The van der Waals surface area contributed by atoms with Crippen molar-refractivity contribution < 1.29 is 14.2 Å². The van der Waals surface area contributed by atoms with Gasteiger partial charge in [-0.2, -0.15) is 0 Å². The molecule has 3 heteroatoms. The third-order valence-electron chi connectivity index (χ3n) is 3.97. The lowest BCUT2D eigenvalue weighted by molar-refractivity contribution is 0.0200. The molecule has 0 aliphatic carbocycles. The zero-order chi connectivity index (χ0) is 13.8. The van der Waals surface area contributed by atoms with Gasteiger partial charge in [0.25, 0.3) is 0 Å². The first-order valence-electron chi connectivity index (χ1n) is 6.90. The van der Waals surface area contributed by atoms with Crippen LogP contribution in [-0.2, 0) is 0 Å². The Morgan fingerprint density at radius 1 is 1.00 bits per heavy atom. The molecule has 0 fully saturated rings. The van der Waals surface area contributed by atoms with Gasteiger partial charge in [0.1, 0.15) is 28.5 Å². The van der Waals surface area contributed by atoms with Crippen molar-refractivity contribution in [2.45, 2.75) is 57.7 Å². The molecule has 1 aromatic carbocycles. The molecule has 3 nitrogen and oxygen atoms in total. The van der Waals surface area contributed by atoms with Crippen LogP contribution in [0.4, 0.5) is 0 Å². The van der Waals surface area contributed by atoms with E-state index >= 15 is 0 Å². The van der Waals surface area contributed by atoms with Gasteiger partial charge >= 0.3 is 0 Å². The van der Waals surface area contributed by atoms with Crippen LogP contribution in [0.25, 0.3) is 0 Å². The van der Waals surface area contributed by atoms with E-state index < -0.39 is 0 Å². The Morgan fingerprint density at radius 3 is 1.89 bits per heavy atom. The third-order valence-corrected chi connectivity index (χ3v) is 3.97. The molecule has 19 heavy (non-hydrogen) atoms. The van der Waals surface area contributed by atoms with Crippen LogP contribution >= 0.6 is 0 Å². The molecule has 2 heterocycles. The molecule has 0 spiro atoms. The molecule has 2 aliphatic rings. The van der Waals surface area contributed by atoms with Crippen LogP contribution in [0, 0.1) is 0 Å². The van der Waals surface area contributed by atoms with Crippen molar-refractivity contribution in [1.82, 2.24) is 0 Å². The van der Waals surface area contributed by atoms with E-state index in [9.17, 15) is 0 Å². The minimum atomic E-state index is -0.130. The fourth-order valence-electron chi connectivity index (χ4n) is 3.41. The largest absolute Gasteiger partial charge is 0.496 e. The zero-order valence-corrected chi connectivity index (χ0v) is 12.4.